The van der Waals surface area contributed by atoms with Gasteiger partial charge in [-0.3, -0.25) is 0 Å². The van der Waals surface area contributed by atoms with Gasteiger partial charge in [0, 0.05) is 11.3 Å². The van der Waals surface area contributed by atoms with Crippen LogP contribution in [0.3, 0.4) is 0 Å². The number of alkyl halides is 1. The van der Waals surface area contributed by atoms with E-state index in [0.717, 1.165) is 17.5 Å². The Bertz CT molecular complexity index is 977. The molecule has 6 heteroatoms. The van der Waals surface area contributed by atoms with Crippen molar-refractivity contribution in [3.05, 3.63) is 65.7 Å². The molecule has 146 valence electrons. The molecule has 0 saturated carbocycles. The molecule has 2 aromatic carbocycles. The summed E-state index contributed by atoms with van der Waals surface area (Å²) >= 11 is 0. The second-order valence-electron chi connectivity index (χ2n) is 6.92. The monoisotopic (exact) mass is 379 g/mol. The molecule has 3 rings (SSSR count). The molecule has 0 bridgehead atoms. The highest BCUT2D eigenvalue weighted by Crippen LogP contribution is 2.43. The fraction of sp³-hybridized carbons (Fsp3) is 0.273. The largest absolute Gasteiger partial charge is 0.368 e. The smallest absolute Gasteiger partial charge is 0.248 e. The lowest BCUT2D eigenvalue weighted by molar-refractivity contribution is 0.210. The van der Waals surface area contributed by atoms with Crippen LogP contribution in [-0.2, 0) is 12.1 Å². The summed E-state index contributed by atoms with van der Waals surface area (Å²) in [4.78, 5) is 4.04. The molecule has 28 heavy (non-hydrogen) atoms. The van der Waals surface area contributed by atoms with E-state index in [0.29, 0.717) is 29.2 Å². The Morgan fingerprint density at radius 1 is 1.21 bits per heavy atom. The highest BCUT2D eigenvalue weighted by molar-refractivity contribution is 5.73. The molecule has 4 N–H and O–H groups in total. The number of aromatic nitrogens is 3. The number of hydrogen-bond acceptors (Lipinski definition) is 4. The zero-order chi connectivity index (χ0) is 20.3. The molecule has 0 spiro atoms. The van der Waals surface area contributed by atoms with Gasteiger partial charge in [0.15, 0.2) is 5.67 Å². The Balaban J connectivity index is 2.11. The van der Waals surface area contributed by atoms with Gasteiger partial charge in [0.2, 0.25) is 11.9 Å². The van der Waals surface area contributed by atoms with Crippen LogP contribution in [0.15, 0.2) is 54.6 Å². The van der Waals surface area contributed by atoms with Crippen LogP contribution in [0.25, 0.3) is 11.1 Å². The summed E-state index contributed by atoms with van der Waals surface area (Å²) in [5, 5.41) is 9.62. The molecule has 1 heterocycles. The predicted octanol–water partition coefficient (Wildman–Crippen LogP) is 5.51. The number of benzene rings is 2. The second kappa shape index (κ2) is 7.84. The van der Waals surface area contributed by atoms with E-state index in [4.69, 9.17) is 5.73 Å². The van der Waals surface area contributed by atoms with Gasteiger partial charge in [-0.05, 0) is 54.2 Å². The lowest BCUT2D eigenvalue weighted by atomic mass is 9.82. The van der Waals surface area contributed by atoms with Crippen LogP contribution < -0.4 is 11.1 Å². The summed E-state index contributed by atoms with van der Waals surface area (Å²) in [5.41, 5.74) is 8.71. The SMILES string of the molecule is C=C(C)C(F)(CC)c1cc(Nc2n[nH]c(N)n2)ccc1-c1ccc(CC)cc1. The van der Waals surface area contributed by atoms with Crippen LogP contribution in [0.2, 0.25) is 0 Å². The molecule has 1 atom stereocenters. The number of nitrogens with two attached hydrogens (primary N) is 1. The van der Waals surface area contributed by atoms with Crippen LogP contribution in [0.5, 0.6) is 0 Å². The summed E-state index contributed by atoms with van der Waals surface area (Å²) in [6.45, 7) is 9.58. The van der Waals surface area contributed by atoms with Crippen molar-refractivity contribution in [3.8, 4) is 11.1 Å². The molecule has 0 amide bonds. The van der Waals surface area contributed by atoms with E-state index in [1.54, 1.807) is 13.0 Å². The Kier molecular flexibility index (Phi) is 5.49. The van der Waals surface area contributed by atoms with Crippen molar-refractivity contribution in [2.75, 3.05) is 11.1 Å². The zero-order valence-electron chi connectivity index (χ0n) is 16.5. The Morgan fingerprint density at radius 2 is 1.93 bits per heavy atom. The fourth-order valence-corrected chi connectivity index (χ4v) is 3.30. The van der Waals surface area contributed by atoms with Crippen LogP contribution in [0.4, 0.5) is 22.0 Å². The van der Waals surface area contributed by atoms with Crippen molar-refractivity contribution < 1.29 is 4.39 Å². The number of halogens is 1. The van der Waals surface area contributed by atoms with Gasteiger partial charge in [-0.15, -0.1) is 5.10 Å². The van der Waals surface area contributed by atoms with E-state index in [1.165, 1.54) is 5.56 Å². The molecule has 0 saturated heterocycles. The third kappa shape index (κ3) is 3.76. The molecule has 3 aromatic rings. The minimum atomic E-state index is -1.64. The van der Waals surface area contributed by atoms with Crippen molar-refractivity contribution in [2.24, 2.45) is 0 Å². The van der Waals surface area contributed by atoms with E-state index < -0.39 is 5.67 Å². The molecule has 0 aliphatic carbocycles. The van der Waals surface area contributed by atoms with E-state index >= 15 is 4.39 Å². The molecule has 0 aliphatic heterocycles. The molecule has 0 aliphatic rings. The molecule has 0 radical (unpaired) electrons. The maximum Gasteiger partial charge on any atom is 0.248 e. The topological polar surface area (TPSA) is 79.6 Å². The third-order valence-corrected chi connectivity index (χ3v) is 5.04. The number of aryl methyl sites for hydroxylation is 1. The van der Waals surface area contributed by atoms with Gasteiger partial charge >= 0.3 is 0 Å². The van der Waals surface area contributed by atoms with Gasteiger partial charge in [-0.1, -0.05) is 50.8 Å². The zero-order valence-corrected chi connectivity index (χ0v) is 16.5. The number of nitrogens with zero attached hydrogens (tertiary/aromatic N) is 2. The standard InChI is InChI=1S/C22H26FN5/c1-5-15-7-9-16(10-8-15)18-12-11-17(25-21-26-20(24)27-28-21)13-19(18)22(23,6-2)14(3)4/h7-13H,3,5-6H2,1-2,4H3,(H4,24,25,26,27,28). The molecule has 1 unspecified atom stereocenters. The molecule has 1 aromatic heterocycles. The van der Waals surface area contributed by atoms with Crippen LogP contribution >= 0.6 is 0 Å². The Hall–Kier alpha value is -3.15. The van der Waals surface area contributed by atoms with Crippen molar-refractivity contribution in [2.45, 2.75) is 39.3 Å². The Labute approximate surface area is 164 Å². The second-order valence-corrected chi connectivity index (χ2v) is 6.92. The first-order valence-corrected chi connectivity index (χ1v) is 9.41. The van der Waals surface area contributed by atoms with E-state index in [-0.39, 0.29) is 5.95 Å². The maximum atomic E-state index is 16.0. The number of aromatic amines is 1. The lowest BCUT2D eigenvalue weighted by Gasteiger charge is -2.28. The number of allylic oxidation sites excluding steroid dienone is 1. The molecule has 0 fully saturated rings. The number of hydrogen-bond donors (Lipinski definition) is 3. The van der Waals surface area contributed by atoms with Crippen molar-refractivity contribution >= 4 is 17.6 Å². The number of nitrogens with one attached hydrogen (secondary N) is 2. The summed E-state index contributed by atoms with van der Waals surface area (Å²) in [7, 11) is 0. The molecular formula is C22H26FN5. The van der Waals surface area contributed by atoms with E-state index in [2.05, 4.69) is 46.1 Å². The highest BCUT2D eigenvalue weighted by Gasteiger charge is 2.34. The number of anilines is 3. The number of rotatable bonds is 7. The average molecular weight is 379 g/mol. The average Bonchev–Trinajstić information content (AvgIpc) is 3.11. The van der Waals surface area contributed by atoms with Crippen molar-refractivity contribution in [1.29, 1.82) is 0 Å². The summed E-state index contributed by atoms with van der Waals surface area (Å²) in [6, 6.07) is 13.8. The molecule has 5 nitrogen and oxygen atoms in total. The summed E-state index contributed by atoms with van der Waals surface area (Å²) in [6.07, 6.45) is 1.25. The van der Waals surface area contributed by atoms with Gasteiger partial charge in [0.1, 0.15) is 0 Å². The van der Waals surface area contributed by atoms with Gasteiger partial charge in [-0.2, -0.15) is 4.98 Å². The first kappa shape index (κ1) is 19.6. The summed E-state index contributed by atoms with van der Waals surface area (Å²) in [5.74, 6) is 0.547. The summed E-state index contributed by atoms with van der Waals surface area (Å²) < 4.78 is 16.0. The van der Waals surface area contributed by atoms with Crippen LogP contribution in [0, 0.1) is 0 Å². The number of nitrogen functional groups attached to an aromatic ring is 1. The van der Waals surface area contributed by atoms with E-state index in [1.807, 2.05) is 31.2 Å². The van der Waals surface area contributed by atoms with Gasteiger partial charge < -0.3 is 11.1 Å². The maximum absolute atomic E-state index is 16.0. The van der Waals surface area contributed by atoms with Crippen LogP contribution in [-0.4, -0.2) is 15.2 Å². The van der Waals surface area contributed by atoms with Gasteiger partial charge in [-0.25, -0.2) is 9.49 Å². The predicted molar refractivity (Wildman–Crippen MR) is 113 cm³/mol. The minimum absolute atomic E-state index is 0.214. The van der Waals surface area contributed by atoms with Crippen molar-refractivity contribution in [1.82, 2.24) is 15.2 Å². The third-order valence-electron chi connectivity index (χ3n) is 5.04. The number of H-pyrrole nitrogens is 1. The molecular weight excluding hydrogens is 353 g/mol. The first-order chi connectivity index (χ1) is 13.4. The fourth-order valence-electron chi connectivity index (χ4n) is 3.30. The van der Waals surface area contributed by atoms with Gasteiger partial charge in [0.25, 0.3) is 0 Å². The van der Waals surface area contributed by atoms with Gasteiger partial charge in [0.05, 0.1) is 0 Å². The van der Waals surface area contributed by atoms with Crippen molar-refractivity contribution in [3.63, 3.8) is 0 Å². The van der Waals surface area contributed by atoms with E-state index in [9.17, 15) is 0 Å². The highest BCUT2D eigenvalue weighted by atomic mass is 19.1. The first-order valence-electron chi connectivity index (χ1n) is 9.41. The Morgan fingerprint density at radius 3 is 2.46 bits per heavy atom. The quantitative estimate of drug-likeness (QED) is 0.473. The minimum Gasteiger partial charge on any atom is -0.368 e. The normalized spacial score (nSPS) is 13.1. The van der Waals surface area contributed by atoms with Crippen LogP contribution in [0.1, 0.15) is 38.3 Å². The lowest BCUT2D eigenvalue weighted by Crippen LogP contribution is -2.21.